The minimum Gasteiger partial charge on any atom is -0.274 e. The van der Waals surface area contributed by atoms with Gasteiger partial charge >= 0.3 is 0 Å². The van der Waals surface area contributed by atoms with E-state index in [9.17, 15) is 19.2 Å². The van der Waals surface area contributed by atoms with Crippen LogP contribution in [0.4, 0.5) is 11.4 Å². The van der Waals surface area contributed by atoms with Gasteiger partial charge in [-0.3, -0.25) is 29.0 Å². The number of rotatable bonds is 5. The highest BCUT2D eigenvalue weighted by Gasteiger charge is 2.60. The predicted octanol–water partition coefficient (Wildman–Crippen LogP) is 5.11. The molecule has 2 heterocycles. The molecule has 0 N–H and O–H groups in total. The SMILES string of the molecule is O=C1[C@@H]2[C@H](C(=O)N1c1ccc(SSc3ccc(N4C(=O)[C@@H]5[C@H](C4=O)[C@H]4C=C[C@H]5C4)cc3)cc1)[C@H]1C=C[C@H]2C1. The third-order valence-corrected chi connectivity index (χ3v) is 11.8. The molecule has 0 unspecified atom stereocenters. The van der Waals surface area contributed by atoms with Crippen LogP contribution in [0.15, 0.2) is 82.6 Å². The van der Waals surface area contributed by atoms with Gasteiger partial charge in [-0.15, -0.1) is 0 Å². The van der Waals surface area contributed by atoms with Crippen LogP contribution in [-0.2, 0) is 19.2 Å². The van der Waals surface area contributed by atoms with E-state index >= 15 is 0 Å². The first-order valence-corrected chi connectivity index (χ1v) is 15.3. The first-order chi connectivity index (χ1) is 18.5. The number of hydrogen-bond donors (Lipinski definition) is 0. The lowest BCUT2D eigenvalue weighted by atomic mass is 9.85. The number of anilines is 2. The standard InChI is InChI=1S/C30H24N2O4S2/c33-27-23-15-1-2-16(13-15)24(23)28(34)31(27)19-5-9-21(10-6-19)37-38-22-11-7-20(8-12-22)32-29(35)25-17-3-4-18(14-17)26(25)30(32)36/h1-12,15-18,23-26H,13-14H2/t15-,16-,17-,18-,23-,24+,25-,26+/m0/s1. The average Bonchev–Trinajstić information content (AvgIpc) is 3.77. The van der Waals surface area contributed by atoms with Crippen LogP contribution in [-0.4, -0.2) is 23.6 Å². The Morgan fingerprint density at radius 1 is 0.474 bits per heavy atom. The summed E-state index contributed by atoms with van der Waals surface area (Å²) in [4.78, 5) is 57.0. The van der Waals surface area contributed by atoms with Crippen LogP contribution >= 0.6 is 21.6 Å². The summed E-state index contributed by atoms with van der Waals surface area (Å²) in [7, 11) is 3.16. The zero-order valence-electron chi connectivity index (χ0n) is 20.3. The molecule has 4 amide bonds. The van der Waals surface area contributed by atoms with E-state index in [1.165, 1.54) is 9.80 Å². The number of carbonyl (C=O) groups excluding carboxylic acids is 4. The van der Waals surface area contributed by atoms with E-state index < -0.39 is 0 Å². The Kier molecular flexibility index (Phi) is 4.93. The van der Waals surface area contributed by atoms with E-state index in [-0.39, 0.29) is 71.0 Å². The molecule has 8 atom stereocenters. The van der Waals surface area contributed by atoms with E-state index in [0.717, 1.165) is 22.6 Å². The van der Waals surface area contributed by atoms with E-state index in [1.54, 1.807) is 21.6 Å². The van der Waals surface area contributed by atoms with Crippen molar-refractivity contribution in [1.82, 2.24) is 0 Å². The first kappa shape index (κ1) is 22.8. The largest absolute Gasteiger partial charge is 0.274 e. The molecule has 190 valence electrons. The highest BCUT2D eigenvalue weighted by molar-refractivity contribution is 8.76. The van der Waals surface area contributed by atoms with Gasteiger partial charge in [-0.1, -0.05) is 45.9 Å². The fraction of sp³-hybridized carbons (Fsp3) is 0.333. The number of nitrogens with zero attached hydrogens (tertiary/aromatic N) is 2. The van der Waals surface area contributed by atoms with Crippen molar-refractivity contribution in [2.45, 2.75) is 22.6 Å². The molecule has 6 aliphatic rings. The van der Waals surface area contributed by atoms with Gasteiger partial charge in [0.15, 0.2) is 0 Å². The van der Waals surface area contributed by atoms with Crippen LogP contribution in [0, 0.1) is 47.3 Å². The Hall–Kier alpha value is -3.10. The molecule has 0 spiro atoms. The molecule has 4 bridgehead atoms. The summed E-state index contributed by atoms with van der Waals surface area (Å²) in [6, 6.07) is 15.1. The lowest BCUT2D eigenvalue weighted by Gasteiger charge is -2.18. The van der Waals surface area contributed by atoms with Crippen LogP contribution < -0.4 is 9.80 Å². The summed E-state index contributed by atoms with van der Waals surface area (Å²) in [6.07, 6.45) is 10.3. The molecular weight excluding hydrogens is 516 g/mol. The van der Waals surface area contributed by atoms with Gasteiger partial charge in [0.2, 0.25) is 23.6 Å². The number of fused-ring (bicyclic) bond motifs is 10. The number of carbonyl (C=O) groups is 4. The average molecular weight is 541 g/mol. The Balaban J connectivity index is 0.925. The number of benzene rings is 2. The zero-order chi connectivity index (χ0) is 25.7. The normalized spacial score (nSPS) is 35.8. The van der Waals surface area contributed by atoms with Crippen LogP contribution in [0.5, 0.6) is 0 Å². The van der Waals surface area contributed by atoms with Gasteiger partial charge in [-0.25, -0.2) is 0 Å². The first-order valence-electron chi connectivity index (χ1n) is 13.2. The second-order valence-corrected chi connectivity index (χ2v) is 13.5. The van der Waals surface area contributed by atoms with E-state index in [2.05, 4.69) is 24.3 Å². The van der Waals surface area contributed by atoms with Gasteiger partial charge in [-0.05, 0) is 85.0 Å². The van der Waals surface area contributed by atoms with Gasteiger partial charge in [0.25, 0.3) is 0 Å². The summed E-state index contributed by atoms with van der Waals surface area (Å²) in [5, 5.41) is 0. The smallest absolute Gasteiger partial charge is 0.238 e. The van der Waals surface area contributed by atoms with E-state index in [4.69, 9.17) is 0 Å². The quantitative estimate of drug-likeness (QED) is 0.298. The molecule has 4 aliphatic carbocycles. The number of allylic oxidation sites excluding steroid dienone is 4. The third kappa shape index (κ3) is 3.10. The van der Waals surface area contributed by atoms with Crippen LogP contribution in [0.2, 0.25) is 0 Å². The van der Waals surface area contributed by atoms with Crippen molar-refractivity contribution in [3.05, 3.63) is 72.8 Å². The van der Waals surface area contributed by atoms with E-state index in [0.29, 0.717) is 11.4 Å². The Bertz CT molecular complexity index is 1290. The summed E-state index contributed by atoms with van der Waals surface area (Å²) in [6.45, 7) is 0. The summed E-state index contributed by atoms with van der Waals surface area (Å²) in [5.41, 5.74) is 1.28. The molecule has 38 heavy (non-hydrogen) atoms. The number of amides is 4. The molecule has 6 nitrogen and oxygen atoms in total. The Morgan fingerprint density at radius 2 is 0.763 bits per heavy atom. The summed E-state index contributed by atoms with van der Waals surface area (Å²) >= 11 is 0. The molecule has 2 aromatic carbocycles. The molecular formula is C30H24N2O4S2. The molecule has 0 radical (unpaired) electrons. The number of imide groups is 2. The zero-order valence-corrected chi connectivity index (χ0v) is 21.9. The minimum atomic E-state index is -0.192. The van der Waals surface area contributed by atoms with Gasteiger partial charge in [-0.2, -0.15) is 0 Å². The third-order valence-electron chi connectivity index (χ3n) is 9.36. The molecule has 8 rings (SSSR count). The maximum Gasteiger partial charge on any atom is 0.238 e. The van der Waals surface area contributed by atoms with Crippen LogP contribution in [0.25, 0.3) is 0 Å². The van der Waals surface area contributed by atoms with Gasteiger partial charge in [0.1, 0.15) is 0 Å². The monoisotopic (exact) mass is 540 g/mol. The lowest BCUT2D eigenvalue weighted by Crippen LogP contribution is -2.32. The fourth-order valence-corrected chi connectivity index (χ4v) is 9.64. The summed E-state index contributed by atoms with van der Waals surface area (Å²) in [5.74, 6) is -0.187. The van der Waals surface area contributed by atoms with Crippen LogP contribution in [0.3, 0.4) is 0 Å². The maximum atomic E-state index is 13.1. The van der Waals surface area contributed by atoms with E-state index in [1.807, 2.05) is 48.5 Å². The van der Waals surface area contributed by atoms with Crippen molar-refractivity contribution in [2.75, 3.05) is 9.80 Å². The van der Waals surface area contributed by atoms with Gasteiger partial charge in [0, 0.05) is 9.79 Å². The maximum absolute atomic E-state index is 13.1. The van der Waals surface area contributed by atoms with Gasteiger partial charge < -0.3 is 0 Å². The van der Waals surface area contributed by atoms with Gasteiger partial charge in [0.05, 0.1) is 35.0 Å². The Morgan fingerprint density at radius 3 is 1.05 bits per heavy atom. The number of hydrogen-bond acceptors (Lipinski definition) is 6. The molecule has 4 fully saturated rings. The molecule has 2 saturated heterocycles. The predicted molar refractivity (Wildman–Crippen MR) is 145 cm³/mol. The molecule has 2 aromatic rings. The Labute approximate surface area is 227 Å². The topological polar surface area (TPSA) is 74.8 Å². The van der Waals surface area contributed by atoms with Crippen molar-refractivity contribution in [3.8, 4) is 0 Å². The van der Waals surface area contributed by atoms with Crippen molar-refractivity contribution >= 4 is 56.6 Å². The van der Waals surface area contributed by atoms with Crippen LogP contribution in [0.1, 0.15) is 12.8 Å². The highest BCUT2D eigenvalue weighted by atomic mass is 33.1. The second-order valence-electron chi connectivity index (χ2n) is 11.2. The molecule has 2 saturated carbocycles. The lowest BCUT2D eigenvalue weighted by molar-refractivity contribution is -0.124. The highest BCUT2D eigenvalue weighted by Crippen LogP contribution is 2.54. The minimum absolute atomic E-state index is 0.0609. The fourth-order valence-electron chi connectivity index (χ4n) is 7.71. The molecule has 0 aromatic heterocycles. The molecule has 8 heteroatoms. The van der Waals surface area contributed by atoms with Crippen molar-refractivity contribution < 1.29 is 19.2 Å². The summed E-state index contributed by atoms with van der Waals surface area (Å²) < 4.78 is 0. The van der Waals surface area contributed by atoms with Crippen molar-refractivity contribution in [2.24, 2.45) is 47.3 Å². The second kappa shape index (κ2) is 8.20. The molecule has 2 aliphatic heterocycles. The van der Waals surface area contributed by atoms with Crippen molar-refractivity contribution in [3.63, 3.8) is 0 Å². The van der Waals surface area contributed by atoms with Crippen molar-refractivity contribution in [1.29, 1.82) is 0 Å².